The zero-order valence-electron chi connectivity index (χ0n) is 21.9. The first kappa shape index (κ1) is 28.4. The Hall–Kier alpha value is -4.63. The van der Waals surface area contributed by atoms with Crippen LogP contribution in [0.25, 0.3) is 10.8 Å². The average Bonchev–Trinajstić information content (AvgIpc) is 2.97. The van der Waals surface area contributed by atoms with Gasteiger partial charge in [-0.3, -0.25) is 10.1 Å². The number of aromatic nitrogens is 1. The van der Waals surface area contributed by atoms with Gasteiger partial charge in [0.25, 0.3) is 0 Å². The Morgan fingerprint density at radius 3 is 2.40 bits per heavy atom. The Morgan fingerprint density at radius 2 is 1.62 bits per heavy atom. The third-order valence-corrected chi connectivity index (χ3v) is 6.54. The number of carbonyl (C=O) groups is 3. The number of benzene rings is 3. The largest absolute Gasteiger partial charge is 0.461 e. The second kappa shape index (κ2) is 14.0. The Balaban J connectivity index is 1.37. The molecule has 4 rings (SSSR count). The monoisotopic (exact) mass is 560 g/mol. The minimum atomic E-state index is -0.801. The van der Waals surface area contributed by atoms with Crippen LogP contribution in [0.1, 0.15) is 17.5 Å². The number of carbonyl (C=O) groups excluding carboxylic acids is 3. The molecule has 0 spiro atoms. The van der Waals surface area contributed by atoms with E-state index in [4.69, 9.17) is 21.1 Å². The first-order chi connectivity index (χ1) is 19.4. The van der Waals surface area contributed by atoms with Crippen LogP contribution in [0.15, 0.2) is 91.1 Å². The normalized spacial score (nSPS) is 11.3. The van der Waals surface area contributed by atoms with Gasteiger partial charge in [0.2, 0.25) is 0 Å². The van der Waals surface area contributed by atoms with Crippen molar-refractivity contribution >= 4 is 46.3 Å². The Kier molecular flexibility index (Phi) is 9.90. The predicted octanol–water partition coefficient (Wildman–Crippen LogP) is 5.78. The van der Waals surface area contributed by atoms with Gasteiger partial charge >= 0.3 is 18.1 Å². The van der Waals surface area contributed by atoms with Crippen molar-refractivity contribution in [3.8, 4) is 0 Å². The molecule has 0 unspecified atom stereocenters. The van der Waals surface area contributed by atoms with Crippen LogP contribution in [-0.4, -0.2) is 47.7 Å². The van der Waals surface area contributed by atoms with E-state index in [0.29, 0.717) is 10.8 Å². The summed E-state index contributed by atoms with van der Waals surface area (Å²) in [5, 5.41) is 7.73. The zero-order valence-corrected chi connectivity index (χ0v) is 22.6. The summed E-state index contributed by atoms with van der Waals surface area (Å²) in [6.45, 7) is 0.0165. The second-order valence-electron chi connectivity index (χ2n) is 9.01. The van der Waals surface area contributed by atoms with Gasteiger partial charge in [-0.1, -0.05) is 84.4 Å². The van der Waals surface area contributed by atoms with Crippen molar-refractivity contribution < 1.29 is 23.9 Å². The van der Waals surface area contributed by atoms with Gasteiger partial charge in [0, 0.05) is 30.2 Å². The summed E-state index contributed by atoms with van der Waals surface area (Å²) in [7, 11) is 1.52. The summed E-state index contributed by atoms with van der Waals surface area (Å²) in [5.41, 5.74) is 1.57. The summed E-state index contributed by atoms with van der Waals surface area (Å²) in [6, 6.07) is 24.5. The number of hydrogen-bond donors (Lipinski definition) is 2. The number of anilines is 1. The summed E-state index contributed by atoms with van der Waals surface area (Å²) in [6.07, 6.45) is 0.688. The molecule has 0 bridgehead atoms. The zero-order chi connectivity index (χ0) is 28.3. The van der Waals surface area contributed by atoms with E-state index in [-0.39, 0.29) is 26.2 Å². The number of amides is 3. The fourth-order valence-electron chi connectivity index (χ4n) is 3.86. The van der Waals surface area contributed by atoms with Gasteiger partial charge in [-0.05, 0) is 28.6 Å². The summed E-state index contributed by atoms with van der Waals surface area (Å²) < 4.78 is 10.8. The molecular formula is C30H29ClN4O5. The Morgan fingerprint density at radius 1 is 0.925 bits per heavy atom. The second-order valence-corrected chi connectivity index (χ2v) is 9.41. The molecule has 206 valence electrons. The van der Waals surface area contributed by atoms with Crippen molar-refractivity contribution in [1.29, 1.82) is 0 Å². The van der Waals surface area contributed by atoms with Gasteiger partial charge in [0.05, 0.1) is 12.5 Å². The number of esters is 1. The molecule has 10 heteroatoms. The van der Waals surface area contributed by atoms with Gasteiger partial charge in [-0.2, -0.15) is 0 Å². The van der Waals surface area contributed by atoms with Crippen molar-refractivity contribution in [3.63, 3.8) is 0 Å². The summed E-state index contributed by atoms with van der Waals surface area (Å²) in [5.74, 6) is -0.229. The van der Waals surface area contributed by atoms with Crippen LogP contribution in [0.5, 0.6) is 0 Å². The smallest absolute Gasteiger partial charge is 0.412 e. The molecule has 2 N–H and O–H groups in total. The van der Waals surface area contributed by atoms with E-state index in [0.717, 1.165) is 21.9 Å². The lowest BCUT2D eigenvalue weighted by Gasteiger charge is -2.27. The highest BCUT2D eigenvalue weighted by Crippen LogP contribution is 2.17. The maximum Gasteiger partial charge on any atom is 0.412 e. The van der Waals surface area contributed by atoms with E-state index >= 15 is 0 Å². The van der Waals surface area contributed by atoms with Crippen molar-refractivity contribution in [1.82, 2.24) is 15.2 Å². The van der Waals surface area contributed by atoms with E-state index in [1.165, 1.54) is 11.9 Å². The molecule has 1 atom stereocenters. The lowest BCUT2D eigenvalue weighted by atomic mass is 10.2. The number of ether oxygens (including phenoxy) is 2. The Bertz CT molecular complexity index is 1470. The van der Waals surface area contributed by atoms with Crippen LogP contribution in [0.2, 0.25) is 5.02 Å². The molecule has 1 heterocycles. The highest BCUT2D eigenvalue weighted by molar-refractivity contribution is 6.31. The van der Waals surface area contributed by atoms with E-state index in [1.54, 1.807) is 30.5 Å². The fraction of sp³-hybridized carbons (Fsp3) is 0.200. The third-order valence-electron chi connectivity index (χ3n) is 6.17. The quantitative estimate of drug-likeness (QED) is 0.238. The number of urea groups is 1. The SMILES string of the molecule is CN(C(=O)NCc1ccccc1Cl)[C@H](COC(=O)Nc1cc2ccccc2cn1)CC(=O)OCc1ccccc1. The number of fused-ring (bicyclic) bond motifs is 1. The van der Waals surface area contributed by atoms with Gasteiger partial charge in [0.15, 0.2) is 0 Å². The number of nitrogens with one attached hydrogen (secondary N) is 2. The molecule has 9 nitrogen and oxygen atoms in total. The Labute approximate surface area is 237 Å². The van der Waals surface area contributed by atoms with Crippen LogP contribution < -0.4 is 10.6 Å². The maximum absolute atomic E-state index is 12.9. The minimum absolute atomic E-state index is 0.0871. The van der Waals surface area contributed by atoms with Crippen LogP contribution in [0.3, 0.4) is 0 Å². The lowest BCUT2D eigenvalue weighted by Crippen LogP contribution is -2.47. The van der Waals surface area contributed by atoms with Crippen LogP contribution >= 0.6 is 11.6 Å². The molecular weight excluding hydrogens is 532 g/mol. The molecule has 0 saturated heterocycles. The molecule has 0 aliphatic heterocycles. The number of halogens is 1. The van der Waals surface area contributed by atoms with Crippen LogP contribution in [-0.2, 0) is 27.4 Å². The molecule has 3 aromatic carbocycles. The topological polar surface area (TPSA) is 110 Å². The molecule has 0 saturated carbocycles. The molecule has 0 radical (unpaired) electrons. The van der Waals surface area contributed by atoms with Crippen molar-refractivity contribution in [3.05, 3.63) is 107 Å². The van der Waals surface area contributed by atoms with Gasteiger partial charge < -0.3 is 19.7 Å². The molecule has 4 aromatic rings. The number of nitrogens with zero attached hydrogens (tertiary/aromatic N) is 2. The molecule has 40 heavy (non-hydrogen) atoms. The first-order valence-corrected chi connectivity index (χ1v) is 13.0. The first-order valence-electron chi connectivity index (χ1n) is 12.6. The molecule has 0 fully saturated rings. The standard InChI is InChI=1S/C30H29ClN4O5/c1-35(29(37)33-18-24-13-7-8-14-26(24)31)25(16-28(36)39-19-21-9-3-2-4-10-21)20-40-30(38)34-27-15-22-11-5-6-12-23(22)17-32-27/h2-15,17,25H,16,18-20H2,1H3,(H,33,37)(H,32,34,38)/t25-/m0/s1. The van der Waals surface area contributed by atoms with Crippen molar-refractivity contribution in [2.24, 2.45) is 0 Å². The van der Waals surface area contributed by atoms with E-state index < -0.39 is 24.1 Å². The fourth-order valence-corrected chi connectivity index (χ4v) is 4.07. The van der Waals surface area contributed by atoms with Gasteiger partial charge in [-0.25, -0.2) is 14.6 Å². The number of hydrogen-bond acceptors (Lipinski definition) is 6. The number of rotatable bonds is 10. The third kappa shape index (κ3) is 8.18. The maximum atomic E-state index is 12.9. The number of pyridine rings is 1. The van der Waals surface area contributed by atoms with Crippen LogP contribution in [0.4, 0.5) is 15.4 Å². The molecule has 3 amide bonds. The van der Waals surface area contributed by atoms with E-state index in [9.17, 15) is 14.4 Å². The van der Waals surface area contributed by atoms with E-state index in [1.807, 2.05) is 60.7 Å². The minimum Gasteiger partial charge on any atom is -0.461 e. The average molecular weight is 561 g/mol. The highest BCUT2D eigenvalue weighted by atomic mass is 35.5. The number of likely N-dealkylation sites (N-methyl/N-ethyl adjacent to an activating group) is 1. The molecule has 0 aliphatic rings. The van der Waals surface area contributed by atoms with Gasteiger partial charge in [0.1, 0.15) is 19.0 Å². The highest BCUT2D eigenvalue weighted by Gasteiger charge is 2.25. The molecule has 1 aromatic heterocycles. The van der Waals surface area contributed by atoms with Gasteiger partial charge in [-0.15, -0.1) is 0 Å². The summed E-state index contributed by atoms with van der Waals surface area (Å²) >= 11 is 6.19. The summed E-state index contributed by atoms with van der Waals surface area (Å²) in [4.78, 5) is 43.7. The predicted molar refractivity (Wildman–Crippen MR) is 153 cm³/mol. The van der Waals surface area contributed by atoms with Crippen molar-refractivity contribution in [2.45, 2.75) is 25.6 Å². The van der Waals surface area contributed by atoms with Crippen LogP contribution in [0, 0.1) is 0 Å². The lowest BCUT2D eigenvalue weighted by molar-refractivity contribution is -0.146. The van der Waals surface area contributed by atoms with E-state index in [2.05, 4.69) is 15.6 Å². The molecule has 0 aliphatic carbocycles. The van der Waals surface area contributed by atoms with Crippen molar-refractivity contribution in [2.75, 3.05) is 19.0 Å².